The number of benzene rings is 1. The molecule has 4 heteroatoms. The van der Waals surface area contributed by atoms with E-state index >= 15 is 0 Å². The van der Waals surface area contributed by atoms with Gasteiger partial charge in [0.15, 0.2) is 0 Å². The molecule has 1 aromatic rings. The van der Waals surface area contributed by atoms with Gasteiger partial charge in [0, 0.05) is 16.1 Å². The minimum absolute atomic E-state index is 0.00791. The van der Waals surface area contributed by atoms with E-state index in [0.29, 0.717) is 12.0 Å². The standard InChI is InChI=1S/C17H26BrFN2/c1-12-6-8-17(9-7-12,21(2)3)16(20)10-13-4-5-14(18)11-15(13)19/h4-5,11-12,16H,6-10,20H2,1-3H3. The molecule has 0 radical (unpaired) electrons. The highest BCUT2D eigenvalue weighted by Gasteiger charge is 2.41. The minimum Gasteiger partial charge on any atom is -0.326 e. The maximum Gasteiger partial charge on any atom is 0.127 e. The van der Waals surface area contributed by atoms with Gasteiger partial charge >= 0.3 is 0 Å². The second kappa shape index (κ2) is 6.76. The molecule has 0 spiro atoms. The highest BCUT2D eigenvalue weighted by Crippen LogP contribution is 2.38. The summed E-state index contributed by atoms with van der Waals surface area (Å²) in [4.78, 5) is 2.26. The molecule has 1 aliphatic rings. The molecule has 2 nitrogen and oxygen atoms in total. The summed E-state index contributed by atoms with van der Waals surface area (Å²) in [6, 6.07) is 5.20. The maximum atomic E-state index is 14.1. The van der Waals surface area contributed by atoms with Crippen LogP contribution in [0.5, 0.6) is 0 Å². The monoisotopic (exact) mass is 356 g/mol. The molecule has 1 unspecified atom stereocenters. The van der Waals surface area contributed by atoms with Crippen LogP contribution < -0.4 is 5.73 Å². The average molecular weight is 357 g/mol. The summed E-state index contributed by atoms with van der Waals surface area (Å²) < 4.78 is 14.8. The average Bonchev–Trinajstić information content (AvgIpc) is 2.42. The van der Waals surface area contributed by atoms with Crippen LogP contribution >= 0.6 is 15.9 Å². The van der Waals surface area contributed by atoms with E-state index in [4.69, 9.17) is 5.73 Å². The van der Waals surface area contributed by atoms with Crippen molar-refractivity contribution in [2.75, 3.05) is 14.1 Å². The molecule has 1 aromatic carbocycles. The highest BCUT2D eigenvalue weighted by molar-refractivity contribution is 9.10. The largest absolute Gasteiger partial charge is 0.326 e. The first kappa shape index (κ1) is 16.9. The van der Waals surface area contributed by atoms with Crippen molar-refractivity contribution >= 4 is 15.9 Å². The van der Waals surface area contributed by atoms with Crippen LogP contribution in [0.25, 0.3) is 0 Å². The summed E-state index contributed by atoms with van der Waals surface area (Å²) in [6.45, 7) is 2.31. The molecule has 2 rings (SSSR count). The molecule has 2 N–H and O–H groups in total. The van der Waals surface area contributed by atoms with E-state index in [1.54, 1.807) is 0 Å². The fourth-order valence-electron chi connectivity index (χ4n) is 3.53. The van der Waals surface area contributed by atoms with Crippen LogP contribution in [0.15, 0.2) is 22.7 Å². The number of hydrogen-bond donors (Lipinski definition) is 1. The van der Waals surface area contributed by atoms with Crippen molar-refractivity contribution in [2.45, 2.75) is 50.6 Å². The molecule has 0 aromatic heterocycles. The van der Waals surface area contributed by atoms with E-state index in [0.717, 1.165) is 23.2 Å². The molecule has 0 heterocycles. The smallest absolute Gasteiger partial charge is 0.127 e. The fraction of sp³-hybridized carbons (Fsp3) is 0.647. The van der Waals surface area contributed by atoms with Crippen molar-refractivity contribution in [3.8, 4) is 0 Å². The van der Waals surface area contributed by atoms with Crippen molar-refractivity contribution in [1.29, 1.82) is 0 Å². The zero-order valence-electron chi connectivity index (χ0n) is 13.2. The molecule has 0 amide bonds. The molecule has 21 heavy (non-hydrogen) atoms. The number of nitrogens with zero attached hydrogens (tertiary/aromatic N) is 1. The third-order valence-corrected chi connectivity index (χ3v) is 5.67. The van der Waals surface area contributed by atoms with Crippen molar-refractivity contribution in [3.05, 3.63) is 34.1 Å². The van der Waals surface area contributed by atoms with Crippen LogP contribution in [0.4, 0.5) is 4.39 Å². The Bertz CT molecular complexity index is 482. The molecule has 0 bridgehead atoms. The van der Waals surface area contributed by atoms with Crippen LogP contribution in [0.1, 0.15) is 38.2 Å². The number of nitrogens with two attached hydrogens (primary N) is 1. The van der Waals surface area contributed by atoms with Crippen LogP contribution in [0, 0.1) is 11.7 Å². The SMILES string of the molecule is CC1CCC(C(N)Cc2ccc(Br)cc2F)(N(C)C)CC1. The first-order chi connectivity index (χ1) is 9.85. The van der Waals surface area contributed by atoms with Gasteiger partial charge in [0.05, 0.1) is 0 Å². The summed E-state index contributed by atoms with van der Waals surface area (Å²) in [5.74, 6) is 0.604. The summed E-state index contributed by atoms with van der Waals surface area (Å²) in [5.41, 5.74) is 7.25. The van der Waals surface area contributed by atoms with Gasteiger partial charge in [-0.2, -0.15) is 0 Å². The van der Waals surface area contributed by atoms with Gasteiger partial charge in [0.2, 0.25) is 0 Å². The zero-order chi connectivity index (χ0) is 15.6. The van der Waals surface area contributed by atoms with Gasteiger partial charge in [-0.05, 0) is 69.8 Å². The van der Waals surface area contributed by atoms with Crippen LogP contribution in [0.3, 0.4) is 0 Å². The molecular formula is C17H26BrFN2. The Morgan fingerprint density at radius 3 is 2.52 bits per heavy atom. The second-order valence-corrected chi connectivity index (χ2v) is 7.64. The van der Waals surface area contributed by atoms with Crippen LogP contribution in [-0.4, -0.2) is 30.6 Å². The molecule has 118 valence electrons. The summed E-state index contributed by atoms with van der Waals surface area (Å²) in [7, 11) is 4.21. The Labute approximate surface area is 136 Å². The summed E-state index contributed by atoms with van der Waals surface area (Å²) >= 11 is 3.30. The van der Waals surface area contributed by atoms with Crippen LogP contribution in [-0.2, 0) is 6.42 Å². The predicted octanol–water partition coefficient (Wildman–Crippen LogP) is 3.97. The van der Waals surface area contributed by atoms with Gasteiger partial charge in [0.25, 0.3) is 0 Å². The van der Waals surface area contributed by atoms with Crippen molar-refractivity contribution < 1.29 is 4.39 Å². The van der Waals surface area contributed by atoms with E-state index in [9.17, 15) is 4.39 Å². The van der Waals surface area contributed by atoms with Gasteiger partial charge in [-0.1, -0.05) is 28.9 Å². The van der Waals surface area contributed by atoms with Gasteiger partial charge in [-0.15, -0.1) is 0 Å². The molecule has 0 saturated heterocycles. The first-order valence-electron chi connectivity index (χ1n) is 7.72. The lowest BCUT2D eigenvalue weighted by molar-refractivity contribution is 0.0566. The van der Waals surface area contributed by atoms with E-state index in [2.05, 4.69) is 41.8 Å². The lowest BCUT2D eigenvalue weighted by Crippen LogP contribution is -2.59. The van der Waals surface area contributed by atoms with Crippen molar-refractivity contribution in [2.24, 2.45) is 11.7 Å². The third kappa shape index (κ3) is 3.66. The van der Waals surface area contributed by atoms with E-state index in [1.807, 2.05) is 12.1 Å². The van der Waals surface area contributed by atoms with Gasteiger partial charge < -0.3 is 10.6 Å². The Morgan fingerprint density at radius 1 is 1.38 bits per heavy atom. The normalized spacial score (nSPS) is 27.9. The van der Waals surface area contributed by atoms with Crippen LogP contribution in [0.2, 0.25) is 0 Å². The van der Waals surface area contributed by atoms with Gasteiger partial charge in [-0.3, -0.25) is 0 Å². The molecule has 0 aliphatic heterocycles. The number of hydrogen-bond acceptors (Lipinski definition) is 2. The Balaban J connectivity index is 2.17. The molecular weight excluding hydrogens is 331 g/mol. The minimum atomic E-state index is -0.169. The second-order valence-electron chi connectivity index (χ2n) is 6.73. The Morgan fingerprint density at radius 2 is 2.00 bits per heavy atom. The first-order valence-corrected chi connectivity index (χ1v) is 8.51. The Kier molecular flexibility index (Phi) is 5.44. The molecule has 1 aliphatic carbocycles. The highest BCUT2D eigenvalue weighted by atomic mass is 79.9. The number of rotatable bonds is 4. The summed E-state index contributed by atoms with van der Waals surface area (Å²) in [5, 5.41) is 0. The van der Waals surface area contributed by atoms with Gasteiger partial charge in [-0.25, -0.2) is 4.39 Å². The zero-order valence-corrected chi connectivity index (χ0v) is 14.8. The molecule has 1 fully saturated rings. The molecule has 1 saturated carbocycles. The van der Waals surface area contributed by atoms with Crippen molar-refractivity contribution in [1.82, 2.24) is 4.90 Å². The molecule has 1 atom stereocenters. The predicted molar refractivity (Wildman–Crippen MR) is 89.8 cm³/mol. The van der Waals surface area contributed by atoms with E-state index in [1.165, 1.54) is 18.9 Å². The third-order valence-electron chi connectivity index (χ3n) is 5.18. The lowest BCUT2D eigenvalue weighted by atomic mass is 9.71. The summed E-state index contributed by atoms with van der Waals surface area (Å²) in [6.07, 6.45) is 5.19. The van der Waals surface area contributed by atoms with E-state index in [-0.39, 0.29) is 17.4 Å². The fourth-order valence-corrected chi connectivity index (χ4v) is 3.86. The van der Waals surface area contributed by atoms with Gasteiger partial charge in [0.1, 0.15) is 5.82 Å². The van der Waals surface area contributed by atoms with E-state index < -0.39 is 0 Å². The number of likely N-dealkylation sites (N-methyl/N-ethyl adjacent to an activating group) is 1. The maximum absolute atomic E-state index is 14.1. The lowest BCUT2D eigenvalue weighted by Gasteiger charge is -2.48. The number of halogens is 2. The Hall–Kier alpha value is -0.450. The van der Waals surface area contributed by atoms with Crippen molar-refractivity contribution in [3.63, 3.8) is 0 Å². The quantitative estimate of drug-likeness (QED) is 0.884. The topological polar surface area (TPSA) is 29.3 Å².